The molecule has 4 heterocycles. The second kappa shape index (κ2) is 6.29. The summed E-state index contributed by atoms with van der Waals surface area (Å²) in [6, 6.07) is 3.82. The first-order chi connectivity index (χ1) is 12.1. The van der Waals surface area contributed by atoms with Crippen LogP contribution in [0.5, 0.6) is 0 Å². The fourth-order valence-corrected chi connectivity index (χ4v) is 3.51. The number of β-amino-alcohol motifs (C(OH)–C–C–N with tert-alkyl or cyclic N) is 1. The van der Waals surface area contributed by atoms with E-state index in [-0.39, 0.29) is 5.91 Å². The fourth-order valence-electron chi connectivity index (χ4n) is 3.51. The Hall–Kier alpha value is -2.74. The fraction of sp³-hybridized carbons (Fsp3) is 0.412. The monoisotopic (exact) mass is 340 g/mol. The summed E-state index contributed by atoms with van der Waals surface area (Å²) >= 11 is 0. The van der Waals surface area contributed by atoms with Gasteiger partial charge in [-0.3, -0.25) is 4.79 Å². The Bertz CT molecular complexity index is 874. The minimum Gasteiger partial charge on any atom is -0.386 e. The predicted molar refractivity (Wildman–Crippen MR) is 90.6 cm³/mol. The summed E-state index contributed by atoms with van der Waals surface area (Å²) < 4.78 is 1.61. The molecule has 0 saturated carbocycles. The highest BCUT2D eigenvalue weighted by atomic mass is 16.3. The molecule has 0 aliphatic carbocycles. The van der Waals surface area contributed by atoms with Gasteiger partial charge in [-0.2, -0.15) is 0 Å². The molecule has 25 heavy (non-hydrogen) atoms. The van der Waals surface area contributed by atoms with E-state index in [0.717, 1.165) is 23.0 Å². The van der Waals surface area contributed by atoms with Gasteiger partial charge in [0.25, 0.3) is 0 Å². The summed E-state index contributed by atoms with van der Waals surface area (Å²) in [7, 11) is 0. The van der Waals surface area contributed by atoms with E-state index in [4.69, 9.17) is 0 Å². The molecule has 1 amide bonds. The molecule has 8 nitrogen and oxygen atoms in total. The maximum absolute atomic E-state index is 12.7. The number of carbonyl (C=O) groups excluding carboxylic acids is 1. The number of H-pyrrole nitrogens is 1. The summed E-state index contributed by atoms with van der Waals surface area (Å²) in [5, 5.41) is 19.5. The van der Waals surface area contributed by atoms with E-state index in [2.05, 4.69) is 20.3 Å². The van der Waals surface area contributed by atoms with Crippen LogP contribution in [0.3, 0.4) is 0 Å². The number of hydrogen-bond donors (Lipinski definition) is 2. The zero-order valence-corrected chi connectivity index (χ0v) is 13.8. The van der Waals surface area contributed by atoms with Crippen molar-refractivity contribution in [3.63, 3.8) is 0 Å². The van der Waals surface area contributed by atoms with Crippen LogP contribution in [0.15, 0.2) is 36.9 Å². The molecule has 0 aromatic carbocycles. The summed E-state index contributed by atoms with van der Waals surface area (Å²) in [5.74, 6) is 0.0152. The lowest BCUT2D eigenvalue weighted by molar-refractivity contribution is -0.138. The largest absolute Gasteiger partial charge is 0.386 e. The summed E-state index contributed by atoms with van der Waals surface area (Å²) in [6.45, 7) is 1.32. The van der Waals surface area contributed by atoms with Crippen molar-refractivity contribution in [1.82, 2.24) is 29.9 Å². The van der Waals surface area contributed by atoms with Crippen molar-refractivity contribution in [2.24, 2.45) is 0 Å². The van der Waals surface area contributed by atoms with E-state index in [1.165, 1.54) is 0 Å². The lowest BCUT2D eigenvalue weighted by Gasteiger charge is -2.39. The molecule has 1 fully saturated rings. The van der Waals surface area contributed by atoms with Crippen LogP contribution in [0.2, 0.25) is 0 Å². The lowest BCUT2D eigenvalue weighted by Crippen LogP contribution is -2.52. The van der Waals surface area contributed by atoms with Gasteiger partial charge >= 0.3 is 0 Å². The topological polar surface area (TPSA) is 99.9 Å². The Morgan fingerprint density at radius 2 is 2.32 bits per heavy atom. The number of nitrogens with one attached hydrogen (secondary N) is 1. The molecular weight excluding hydrogens is 320 g/mol. The van der Waals surface area contributed by atoms with Crippen LogP contribution >= 0.6 is 0 Å². The van der Waals surface area contributed by atoms with E-state index in [1.807, 2.05) is 18.3 Å². The van der Waals surface area contributed by atoms with Gasteiger partial charge in [0.15, 0.2) is 0 Å². The summed E-state index contributed by atoms with van der Waals surface area (Å²) in [4.78, 5) is 21.8. The molecule has 0 spiro atoms. The second-order valence-corrected chi connectivity index (χ2v) is 6.63. The Kier molecular flexibility index (Phi) is 3.96. The molecular formula is C17H20N6O2. The zero-order valence-electron chi connectivity index (χ0n) is 13.8. The summed E-state index contributed by atoms with van der Waals surface area (Å²) in [5.41, 5.74) is 0.744. The van der Waals surface area contributed by atoms with Crippen molar-refractivity contribution in [3.05, 3.63) is 42.5 Å². The van der Waals surface area contributed by atoms with Crippen molar-refractivity contribution in [2.75, 3.05) is 13.1 Å². The molecule has 1 unspecified atom stereocenters. The average molecular weight is 340 g/mol. The molecule has 1 saturated heterocycles. The highest BCUT2D eigenvalue weighted by Crippen LogP contribution is 2.24. The quantitative estimate of drug-likeness (QED) is 0.730. The zero-order chi connectivity index (χ0) is 17.3. The molecule has 130 valence electrons. The number of nitrogens with zero attached hydrogens (tertiary/aromatic N) is 5. The number of rotatable bonds is 4. The number of aromatic amines is 1. The number of hydrogen-bond acceptors (Lipinski definition) is 5. The molecule has 8 heteroatoms. The minimum atomic E-state index is -0.969. The summed E-state index contributed by atoms with van der Waals surface area (Å²) in [6.07, 6.45) is 8.57. The third-order valence-corrected chi connectivity index (χ3v) is 4.71. The Labute approximate surface area is 144 Å². The van der Waals surface area contributed by atoms with Gasteiger partial charge in [0.1, 0.15) is 11.2 Å². The van der Waals surface area contributed by atoms with Crippen LogP contribution in [-0.4, -0.2) is 59.6 Å². The lowest BCUT2D eigenvalue weighted by atomic mass is 9.92. The van der Waals surface area contributed by atoms with E-state index < -0.39 is 5.60 Å². The number of likely N-dealkylation sites (tertiary alicyclic amines) is 1. The smallest absolute Gasteiger partial charge is 0.227 e. The number of carbonyl (C=O) groups is 1. The van der Waals surface area contributed by atoms with E-state index in [0.29, 0.717) is 32.5 Å². The van der Waals surface area contributed by atoms with Crippen LogP contribution in [0.25, 0.3) is 11.0 Å². The second-order valence-electron chi connectivity index (χ2n) is 6.63. The molecule has 1 aliphatic heterocycles. The van der Waals surface area contributed by atoms with Crippen LogP contribution in [0.1, 0.15) is 18.4 Å². The predicted octanol–water partition coefficient (Wildman–Crippen LogP) is 0.751. The minimum absolute atomic E-state index is 0.0152. The number of amides is 1. The number of aliphatic hydroxyl groups is 1. The molecule has 0 bridgehead atoms. The number of piperidine rings is 1. The van der Waals surface area contributed by atoms with Crippen molar-refractivity contribution >= 4 is 16.9 Å². The third kappa shape index (κ3) is 3.25. The van der Waals surface area contributed by atoms with Gasteiger partial charge < -0.3 is 15.0 Å². The van der Waals surface area contributed by atoms with Crippen LogP contribution < -0.4 is 0 Å². The molecule has 3 aromatic rings. The van der Waals surface area contributed by atoms with Crippen LogP contribution in [0, 0.1) is 0 Å². The molecule has 1 atom stereocenters. The number of fused-ring (bicyclic) bond motifs is 1. The van der Waals surface area contributed by atoms with Gasteiger partial charge in [-0.05, 0) is 30.5 Å². The van der Waals surface area contributed by atoms with Gasteiger partial charge in [0, 0.05) is 30.5 Å². The van der Waals surface area contributed by atoms with Crippen molar-refractivity contribution < 1.29 is 9.90 Å². The Balaban J connectivity index is 1.46. The van der Waals surface area contributed by atoms with E-state index >= 15 is 0 Å². The van der Waals surface area contributed by atoms with Crippen LogP contribution in [-0.2, 0) is 17.8 Å². The van der Waals surface area contributed by atoms with Gasteiger partial charge in [0.2, 0.25) is 5.91 Å². The Morgan fingerprint density at radius 3 is 3.16 bits per heavy atom. The first kappa shape index (κ1) is 15.8. The molecule has 4 rings (SSSR count). The van der Waals surface area contributed by atoms with Crippen molar-refractivity contribution in [2.45, 2.75) is 31.4 Å². The van der Waals surface area contributed by atoms with Gasteiger partial charge in [0.05, 0.1) is 25.7 Å². The molecule has 1 aliphatic rings. The maximum atomic E-state index is 12.7. The highest BCUT2D eigenvalue weighted by molar-refractivity contribution is 5.87. The highest BCUT2D eigenvalue weighted by Gasteiger charge is 2.36. The van der Waals surface area contributed by atoms with E-state index in [9.17, 15) is 9.90 Å². The first-order valence-corrected chi connectivity index (χ1v) is 8.38. The molecule has 2 N–H and O–H groups in total. The van der Waals surface area contributed by atoms with Crippen molar-refractivity contribution in [1.29, 1.82) is 0 Å². The standard InChI is InChI=1S/C17H20N6O2/c24-15(9-13-10-19-16-14(13)3-1-5-18-16)22-7-2-4-17(25,11-22)12-23-8-6-20-21-23/h1,3,5-6,8,10,25H,2,4,7,9,11-12H2,(H,18,19). The van der Waals surface area contributed by atoms with E-state index in [1.54, 1.807) is 28.2 Å². The molecule has 0 radical (unpaired) electrons. The number of pyridine rings is 1. The van der Waals surface area contributed by atoms with Gasteiger partial charge in [-0.1, -0.05) is 5.21 Å². The first-order valence-electron chi connectivity index (χ1n) is 8.38. The molecule has 3 aromatic heterocycles. The normalized spacial score (nSPS) is 20.9. The van der Waals surface area contributed by atoms with Crippen LogP contribution in [0.4, 0.5) is 0 Å². The van der Waals surface area contributed by atoms with Gasteiger partial charge in [-0.25, -0.2) is 9.67 Å². The Morgan fingerprint density at radius 1 is 1.40 bits per heavy atom. The average Bonchev–Trinajstić information content (AvgIpc) is 3.25. The van der Waals surface area contributed by atoms with Gasteiger partial charge in [-0.15, -0.1) is 5.10 Å². The third-order valence-electron chi connectivity index (χ3n) is 4.71. The maximum Gasteiger partial charge on any atom is 0.227 e. The SMILES string of the molecule is O=C(Cc1c[nH]c2ncccc12)N1CCCC(O)(Cn2ccnn2)C1. The number of aromatic nitrogens is 5. The van der Waals surface area contributed by atoms with Crippen molar-refractivity contribution in [3.8, 4) is 0 Å².